The summed E-state index contributed by atoms with van der Waals surface area (Å²) in [5.74, 6) is 1.22. The van der Waals surface area contributed by atoms with E-state index in [1.54, 1.807) is 4.68 Å². The minimum absolute atomic E-state index is 0.210. The molecule has 0 aliphatic carbocycles. The maximum Gasteiger partial charge on any atom is 0.272 e. The van der Waals surface area contributed by atoms with Crippen molar-refractivity contribution in [1.29, 1.82) is 0 Å². The minimum atomic E-state index is -0.210. The van der Waals surface area contributed by atoms with Crippen LogP contribution >= 0.6 is 0 Å². The Morgan fingerprint density at radius 1 is 1.07 bits per heavy atom. The van der Waals surface area contributed by atoms with Crippen molar-refractivity contribution < 1.29 is 14.3 Å². The number of aryl methyl sites for hydroxylation is 3. The molecule has 1 aromatic heterocycles. The number of nitrogens with zero attached hydrogens (tertiary/aromatic N) is 2. The van der Waals surface area contributed by atoms with Crippen LogP contribution in [-0.4, -0.2) is 22.5 Å². The predicted octanol–water partition coefficient (Wildman–Crippen LogP) is 3.36. The van der Waals surface area contributed by atoms with Crippen molar-refractivity contribution in [1.82, 2.24) is 15.1 Å². The maximum absolute atomic E-state index is 12.5. The maximum atomic E-state index is 12.5. The van der Waals surface area contributed by atoms with E-state index in [-0.39, 0.29) is 12.7 Å². The Morgan fingerprint density at radius 3 is 2.70 bits per heavy atom. The van der Waals surface area contributed by atoms with E-state index in [4.69, 9.17) is 9.47 Å². The molecule has 0 radical (unpaired) electrons. The fourth-order valence-electron chi connectivity index (χ4n) is 3.07. The first kappa shape index (κ1) is 17.1. The van der Waals surface area contributed by atoms with Gasteiger partial charge >= 0.3 is 0 Å². The first-order valence-corrected chi connectivity index (χ1v) is 8.79. The van der Waals surface area contributed by atoms with Crippen LogP contribution in [-0.2, 0) is 13.6 Å². The first-order chi connectivity index (χ1) is 13.0. The molecule has 138 valence electrons. The third-order valence-corrected chi connectivity index (χ3v) is 4.81. The normalized spacial score (nSPS) is 12.3. The van der Waals surface area contributed by atoms with Crippen molar-refractivity contribution >= 4 is 5.91 Å². The molecule has 3 aromatic rings. The van der Waals surface area contributed by atoms with E-state index in [9.17, 15) is 4.79 Å². The molecule has 1 aliphatic rings. The second kappa shape index (κ2) is 6.79. The van der Waals surface area contributed by atoms with Crippen LogP contribution in [0.1, 0.15) is 27.2 Å². The SMILES string of the molecule is Cc1ccc(-c2cc(C(=O)NCc3ccc4c(c3)OCO4)nn2C)cc1C. The number of hydrogen-bond donors (Lipinski definition) is 1. The lowest BCUT2D eigenvalue weighted by Gasteiger charge is -2.05. The van der Waals surface area contributed by atoms with Gasteiger partial charge in [-0.15, -0.1) is 0 Å². The molecule has 6 heteroatoms. The molecular weight excluding hydrogens is 342 g/mol. The fourth-order valence-corrected chi connectivity index (χ4v) is 3.07. The van der Waals surface area contributed by atoms with E-state index in [0.717, 1.165) is 22.6 Å². The molecule has 1 aliphatic heterocycles. The monoisotopic (exact) mass is 363 g/mol. The summed E-state index contributed by atoms with van der Waals surface area (Å²) >= 11 is 0. The lowest BCUT2D eigenvalue weighted by molar-refractivity contribution is 0.0945. The summed E-state index contributed by atoms with van der Waals surface area (Å²) in [7, 11) is 1.85. The summed E-state index contributed by atoms with van der Waals surface area (Å²) < 4.78 is 12.4. The average Bonchev–Trinajstić information content (AvgIpc) is 3.28. The van der Waals surface area contributed by atoms with Gasteiger partial charge in [0.15, 0.2) is 17.2 Å². The molecule has 4 rings (SSSR count). The van der Waals surface area contributed by atoms with Gasteiger partial charge in [-0.2, -0.15) is 5.10 Å². The van der Waals surface area contributed by atoms with E-state index in [0.29, 0.717) is 18.0 Å². The number of nitrogens with one attached hydrogen (secondary N) is 1. The summed E-state index contributed by atoms with van der Waals surface area (Å²) in [6.45, 7) is 4.79. The van der Waals surface area contributed by atoms with Crippen molar-refractivity contribution in [3.63, 3.8) is 0 Å². The lowest BCUT2D eigenvalue weighted by atomic mass is 10.0. The molecule has 0 saturated heterocycles. The number of fused-ring (bicyclic) bond motifs is 1. The highest BCUT2D eigenvalue weighted by Crippen LogP contribution is 2.32. The predicted molar refractivity (Wildman–Crippen MR) is 102 cm³/mol. The fraction of sp³-hybridized carbons (Fsp3) is 0.238. The first-order valence-electron chi connectivity index (χ1n) is 8.79. The standard InChI is InChI=1S/C21H21N3O3/c1-13-4-6-16(8-14(13)2)18-10-17(23-24(18)3)21(25)22-11-15-5-7-19-20(9-15)27-12-26-19/h4-10H,11-12H2,1-3H3,(H,22,25). The molecule has 0 bridgehead atoms. The van der Waals surface area contributed by atoms with Gasteiger partial charge in [0.05, 0.1) is 5.69 Å². The van der Waals surface area contributed by atoms with Gasteiger partial charge in [0.2, 0.25) is 6.79 Å². The molecule has 27 heavy (non-hydrogen) atoms. The van der Waals surface area contributed by atoms with Crippen LogP contribution in [0.5, 0.6) is 11.5 Å². The van der Waals surface area contributed by atoms with Crippen molar-refractivity contribution in [2.24, 2.45) is 7.05 Å². The van der Waals surface area contributed by atoms with Crippen molar-refractivity contribution in [2.75, 3.05) is 6.79 Å². The minimum Gasteiger partial charge on any atom is -0.454 e. The van der Waals surface area contributed by atoms with E-state index in [2.05, 4.69) is 36.4 Å². The Kier molecular flexibility index (Phi) is 4.32. The molecule has 0 spiro atoms. The number of amides is 1. The largest absolute Gasteiger partial charge is 0.454 e. The molecule has 6 nitrogen and oxygen atoms in total. The smallest absolute Gasteiger partial charge is 0.272 e. The van der Waals surface area contributed by atoms with Crippen molar-refractivity contribution in [3.8, 4) is 22.8 Å². The third kappa shape index (κ3) is 3.38. The highest BCUT2D eigenvalue weighted by molar-refractivity contribution is 5.93. The number of ether oxygens (including phenoxy) is 2. The topological polar surface area (TPSA) is 65.4 Å². The van der Waals surface area contributed by atoms with Gasteiger partial charge in [-0.3, -0.25) is 9.48 Å². The number of carbonyl (C=O) groups excluding carboxylic acids is 1. The quantitative estimate of drug-likeness (QED) is 0.772. The van der Waals surface area contributed by atoms with Gasteiger partial charge in [-0.1, -0.05) is 18.2 Å². The van der Waals surface area contributed by atoms with E-state index < -0.39 is 0 Å². The van der Waals surface area contributed by atoms with Crippen LogP contribution in [0.4, 0.5) is 0 Å². The molecule has 0 unspecified atom stereocenters. The van der Waals surface area contributed by atoms with Gasteiger partial charge in [-0.25, -0.2) is 0 Å². The second-order valence-electron chi connectivity index (χ2n) is 6.71. The van der Waals surface area contributed by atoms with Gasteiger partial charge in [0.1, 0.15) is 0 Å². The molecule has 0 saturated carbocycles. The van der Waals surface area contributed by atoms with Crippen LogP contribution < -0.4 is 14.8 Å². The van der Waals surface area contributed by atoms with E-state index in [1.165, 1.54) is 11.1 Å². The van der Waals surface area contributed by atoms with Gasteiger partial charge in [-0.05, 0) is 54.8 Å². The number of aromatic nitrogens is 2. The number of hydrogen-bond acceptors (Lipinski definition) is 4. The summed E-state index contributed by atoms with van der Waals surface area (Å²) in [6, 6.07) is 13.7. The van der Waals surface area contributed by atoms with Gasteiger partial charge in [0.25, 0.3) is 5.91 Å². The Hall–Kier alpha value is -3.28. The Labute approximate surface area is 157 Å². The molecule has 0 fully saturated rings. The van der Waals surface area contributed by atoms with Crippen LogP contribution in [0, 0.1) is 13.8 Å². The number of rotatable bonds is 4. The Balaban J connectivity index is 1.48. The van der Waals surface area contributed by atoms with Crippen molar-refractivity contribution in [2.45, 2.75) is 20.4 Å². The Morgan fingerprint density at radius 2 is 1.89 bits per heavy atom. The van der Waals surface area contributed by atoms with Crippen molar-refractivity contribution in [3.05, 3.63) is 64.8 Å². The molecule has 0 atom stereocenters. The lowest BCUT2D eigenvalue weighted by Crippen LogP contribution is -2.23. The summed E-state index contributed by atoms with van der Waals surface area (Å²) in [4.78, 5) is 12.5. The van der Waals surface area contributed by atoms with Crippen LogP contribution in [0.3, 0.4) is 0 Å². The van der Waals surface area contributed by atoms with Crippen LogP contribution in [0.2, 0.25) is 0 Å². The zero-order valence-electron chi connectivity index (χ0n) is 15.6. The Bertz CT molecular complexity index is 1020. The average molecular weight is 363 g/mol. The molecule has 2 heterocycles. The number of carbonyl (C=O) groups is 1. The van der Waals surface area contributed by atoms with E-state index in [1.807, 2.05) is 37.4 Å². The van der Waals surface area contributed by atoms with E-state index >= 15 is 0 Å². The summed E-state index contributed by atoms with van der Waals surface area (Å²) in [5.41, 5.74) is 5.74. The van der Waals surface area contributed by atoms with Crippen LogP contribution in [0.15, 0.2) is 42.5 Å². The molecule has 1 N–H and O–H groups in total. The zero-order valence-corrected chi connectivity index (χ0v) is 15.6. The summed E-state index contributed by atoms with van der Waals surface area (Å²) in [5, 5.41) is 7.28. The van der Waals surface area contributed by atoms with Gasteiger partial charge < -0.3 is 14.8 Å². The molecular formula is C21H21N3O3. The number of benzene rings is 2. The third-order valence-electron chi connectivity index (χ3n) is 4.81. The second-order valence-corrected chi connectivity index (χ2v) is 6.71. The molecule has 1 amide bonds. The molecule has 2 aromatic carbocycles. The highest BCUT2D eigenvalue weighted by Gasteiger charge is 2.16. The van der Waals surface area contributed by atoms with Crippen LogP contribution in [0.25, 0.3) is 11.3 Å². The zero-order chi connectivity index (χ0) is 19.0. The summed E-state index contributed by atoms with van der Waals surface area (Å²) in [6.07, 6.45) is 0. The highest BCUT2D eigenvalue weighted by atomic mass is 16.7. The van der Waals surface area contributed by atoms with Gasteiger partial charge in [0, 0.05) is 19.2 Å².